The minimum Gasteiger partial charge on any atom is -0.0149 e. The van der Waals surface area contributed by atoms with Gasteiger partial charge in [0.15, 0.2) is 0 Å². The Balaban J connectivity index is 0. The second-order valence-electron chi connectivity index (χ2n) is 0. The van der Waals surface area contributed by atoms with Gasteiger partial charge in [-0.2, -0.15) is 0 Å². The van der Waals surface area contributed by atoms with Crippen LogP contribution in [0, 0.1) is 0 Å². The van der Waals surface area contributed by atoms with Gasteiger partial charge >= 0.3 is 0 Å². The minimum atomic E-state index is 0. The molecular weight excluding hydrogens is 380 g/mol. The summed E-state index contributed by atoms with van der Waals surface area (Å²) in [7, 11) is 0. The second kappa shape index (κ2) is 29.7. The summed E-state index contributed by atoms with van der Waals surface area (Å²) in [5.74, 6) is 0. The van der Waals surface area contributed by atoms with E-state index >= 15 is 0 Å². The van der Waals surface area contributed by atoms with Crippen LogP contribution >= 0.6 is 0 Å². The van der Waals surface area contributed by atoms with Crippen molar-refractivity contribution in [3.63, 3.8) is 0 Å². The molecule has 0 aromatic carbocycles. The fourth-order valence-electron chi connectivity index (χ4n) is 0. The SMILES string of the molecule is [Au].[Cr].[Mn].[SiH4].[Ti]. The van der Waals surface area contributed by atoms with Gasteiger partial charge in [0.25, 0.3) is 0 Å². The maximum absolute atomic E-state index is 0. The number of hydrogen-bond acceptors (Lipinski definition) is 0. The summed E-state index contributed by atoms with van der Waals surface area (Å²) in [4.78, 5) is 0. The standard InChI is InChI=1S/Au.Cr.Mn.H4Si.Ti/h;;;1H4;. The Morgan fingerprint density at radius 2 is 1.00 bits per heavy atom. The van der Waals surface area contributed by atoms with Crippen LogP contribution in [-0.2, 0) is 78.5 Å². The third kappa shape index (κ3) is 20.2. The van der Waals surface area contributed by atoms with E-state index in [0.717, 1.165) is 0 Å². The molecule has 5 heteroatoms. The van der Waals surface area contributed by atoms with Crippen LogP contribution in [0.15, 0.2) is 0 Å². The molecule has 0 bridgehead atoms. The summed E-state index contributed by atoms with van der Waals surface area (Å²) in [6.07, 6.45) is 0. The summed E-state index contributed by atoms with van der Waals surface area (Å²) < 4.78 is 0. The van der Waals surface area contributed by atoms with E-state index in [1.807, 2.05) is 0 Å². The van der Waals surface area contributed by atoms with Crippen molar-refractivity contribution in [1.29, 1.82) is 0 Å². The molecule has 0 nitrogen and oxygen atoms in total. The van der Waals surface area contributed by atoms with Crippen molar-refractivity contribution in [2.45, 2.75) is 0 Å². The molecule has 0 heterocycles. The molecule has 0 aliphatic heterocycles. The maximum Gasteiger partial charge on any atom is 0 e. The molecule has 36 valence electrons. The van der Waals surface area contributed by atoms with E-state index in [0.29, 0.717) is 0 Å². The molecule has 0 aliphatic rings. The van der Waals surface area contributed by atoms with Gasteiger partial charge in [0, 0.05) is 78.5 Å². The van der Waals surface area contributed by atoms with E-state index in [-0.39, 0.29) is 89.5 Å². The zero-order valence-corrected chi connectivity index (χ0v) is 7.77. The molecule has 0 aromatic heterocycles. The van der Waals surface area contributed by atoms with Crippen molar-refractivity contribution in [3.8, 4) is 0 Å². The van der Waals surface area contributed by atoms with Crippen molar-refractivity contribution in [2.75, 3.05) is 0 Å². The quantitative estimate of drug-likeness (QED) is 0.449. The molecule has 0 spiro atoms. The Labute approximate surface area is 88.3 Å². The van der Waals surface area contributed by atoms with Crippen molar-refractivity contribution in [3.05, 3.63) is 0 Å². The average Bonchev–Trinajstić information content (AvgIpc) is 0. The van der Waals surface area contributed by atoms with E-state index in [1.165, 1.54) is 0 Å². The smallest absolute Gasteiger partial charge is 0 e. The fourth-order valence-corrected chi connectivity index (χ4v) is 0. The molecule has 0 N–H and O–H groups in total. The van der Waals surface area contributed by atoms with Crippen molar-refractivity contribution >= 4 is 11.0 Å². The first-order valence-corrected chi connectivity index (χ1v) is 0. The van der Waals surface area contributed by atoms with Gasteiger partial charge < -0.3 is 0 Å². The Bertz CT molecular complexity index is 11.6. The Kier molecular flexibility index (Phi) is 280. The molecule has 2 radical (unpaired) electrons. The monoisotopic (exact) mass is 384 g/mol. The van der Waals surface area contributed by atoms with Gasteiger partial charge in [-0.25, -0.2) is 0 Å². The van der Waals surface area contributed by atoms with Crippen LogP contribution in [0.2, 0.25) is 0 Å². The van der Waals surface area contributed by atoms with E-state index in [1.54, 1.807) is 0 Å². The first-order valence-electron chi connectivity index (χ1n) is 0. The molecule has 0 unspecified atom stereocenters. The van der Waals surface area contributed by atoms with Gasteiger partial charge in [-0.05, 0) is 11.0 Å². The largest absolute Gasteiger partial charge is 0.0149 e. The van der Waals surface area contributed by atoms with Gasteiger partial charge in [0.2, 0.25) is 0 Å². The molecule has 0 amide bonds. The van der Waals surface area contributed by atoms with Crippen molar-refractivity contribution in [1.82, 2.24) is 0 Å². The topological polar surface area (TPSA) is 0 Å². The van der Waals surface area contributed by atoms with E-state index in [9.17, 15) is 0 Å². The summed E-state index contributed by atoms with van der Waals surface area (Å²) in [6.45, 7) is 0. The second-order valence-corrected chi connectivity index (χ2v) is 0. The predicted molar refractivity (Wildman–Crippen MR) is 11.3 cm³/mol. The Morgan fingerprint density at radius 1 is 1.00 bits per heavy atom. The molecule has 0 aliphatic carbocycles. The zero-order chi connectivity index (χ0) is 0. The zero-order valence-electron chi connectivity index (χ0n) is 1.59. The Hall–Kier alpha value is 2.72. The van der Waals surface area contributed by atoms with Crippen molar-refractivity contribution in [2.24, 2.45) is 0 Å². The van der Waals surface area contributed by atoms with Gasteiger partial charge in [-0.15, -0.1) is 0 Å². The number of rotatable bonds is 0. The summed E-state index contributed by atoms with van der Waals surface area (Å²) in [6, 6.07) is 0. The molecule has 0 aromatic rings. The normalized spacial score (nSPS) is 0. The third-order valence-electron chi connectivity index (χ3n) is 0. The predicted octanol–water partition coefficient (Wildman–Crippen LogP) is -1.46. The van der Waals surface area contributed by atoms with Crippen LogP contribution in [0.4, 0.5) is 0 Å². The molecule has 0 fully saturated rings. The molecular formula is H4AuCrMnSiTi. The Morgan fingerprint density at radius 3 is 1.00 bits per heavy atom. The van der Waals surface area contributed by atoms with Crippen LogP contribution in [-0.4, -0.2) is 11.0 Å². The van der Waals surface area contributed by atoms with Gasteiger partial charge in [0.05, 0.1) is 0 Å². The van der Waals surface area contributed by atoms with Crippen LogP contribution in [0.1, 0.15) is 0 Å². The van der Waals surface area contributed by atoms with Crippen LogP contribution < -0.4 is 0 Å². The van der Waals surface area contributed by atoms with Crippen LogP contribution in [0.5, 0.6) is 0 Å². The molecule has 0 saturated carbocycles. The average molecular weight is 384 g/mol. The molecule has 0 atom stereocenters. The van der Waals surface area contributed by atoms with E-state index in [2.05, 4.69) is 0 Å². The van der Waals surface area contributed by atoms with Crippen LogP contribution in [0.25, 0.3) is 0 Å². The van der Waals surface area contributed by atoms with Gasteiger partial charge in [-0.3, -0.25) is 0 Å². The molecule has 0 rings (SSSR count). The van der Waals surface area contributed by atoms with Gasteiger partial charge in [-0.1, -0.05) is 0 Å². The van der Waals surface area contributed by atoms with Crippen LogP contribution in [0.3, 0.4) is 0 Å². The first kappa shape index (κ1) is 47.1. The molecule has 5 heavy (non-hydrogen) atoms. The third-order valence-corrected chi connectivity index (χ3v) is 0. The maximum atomic E-state index is 0. The summed E-state index contributed by atoms with van der Waals surface area (Å²) in [5.41, 5.74) is 0. The van der Waals surface area contributed by atoms with E-state index < -0.39 is 0 Å². The summed E-state index contributed by atoms with van der Waals surface area (Å²) in [5, 5.41) is 0. The fraction of sp³-hybridized carbons (Fsp3) is 0. The van der Waals surface area contributed by atoms with Crippen molar-refractivity contribution < 1.29 is 78.5 Å². The minimum absolute atomic E-state index is 0. The molecule has 0 saturated heterocycles. The first-order chi connectivity index (χ1) is 0. The summed E-state index contributed by atoms with van der Waals surface area (Å²) >= 11 is 0. The van der Waals surface area contributed by atoms with E-state index in [4.69, 9.17) is 0 Å². The van der Waals surface area contributed by atoms with Gasteiger partial charge in [0.1, 0.15) is 0 Å². The number of hydrogen-bond donors (Lipinski definition) is 0.